The van der Waals surface area contributed by atoms with Gasteiger partial charge in [0.25, 0.3) is 11.6 Å². The van der Waals surface area contributed by atoms with Crippen molar-refractivity contribution in [3.63, 3.8) is 0 Å². The van der Waals surface area contributed by atoms with Crippen molar-refractivity contribution in [3.8, 4) is 5.75 Å². The van der Waals surface area contributed by atoms with E-state index in [4.69, 9.17) is 9.47 Å². The molecule has 1 N–H and O–H groups in total. The fraction of sp³-hybridized carbons (Fsp3) is 0.263. The Hall–Kier alpha value is -3.24. The molecule has 0 unspecified atom stereocenters. The summed E-state index contributed by atoms with van der Waals surface area (Å²) >= 11 is 1.31. The lowest BCUT2D eigenvalue weighted by Crippen LogP contribution is -2.37. The van der Waals surface area contributed by atoms with E-state index >= 15 is 0 Å². The number of benzene rings is 2. The number of rotatable bonds is 5. The van der Waals surface area contributed by atoms with Gasteiger partial charge in [0.15, 0.2) is 5.13 Å². The number of morpholine rings is 1. The molecule has 1 aliphatic rings. The number of aromatic nitrogens is 1. The Kier molecular flexibility index (Phi) is 5.28. The Morgan fingerprint density at radius 3 is 2.83 bits per heavy atom. The van der Waals surface area contributed by atoms with Crippen molar-refractivity contribution in [1.82, 2.24) is 4.98 Å². The van der Waals surface area contributed by atoms with Crippen LogP contribution in [0, 0.1) is 10.1 Å². The van der Waals surface area contributed by atoms with Crippen LogP contribution in [0.3, 0.4) is 0 Å². The third-order valence-corrected chi connectivity index (χ3v) is 5.55. The second kappa shape index (κ2) is 8.02. The summed E-state index contributed by atoms with van der Waals surface area (Å²) in [6.07, 6.45) is 0. The van der Waals surface area contributed by atoms with E-state index in [0.717, 1.165) is 4.70 Å². The van der Waals surface area contributed by atoms with Crippen molar-refractivity contribution in [2.45, 2.75) is 0 Å². The van der Waals surface area contributed by atoms with Crippen molar-refractivity contribution in [2.75, 3.05) is 43.6 Å². The van der Waals surface area contributed by atoms with Gasteiger partial charge in [-0.2, -0.15) is 0 Å². The highest BCUT2D eigenvalue weighted by molar-refractivity contribution is 7.22. The zero-order valence-corrected chi connectivity index (χ0v) is 16.4. The van der Waals surface area contributed by atoms with E-state index < -0.39 is 10.8 Å². The molecule has 1 aromatic heterocycles. The summed E-state index contributed by atoms with van der Waals surface area (Å²) in [7, 11) is 1.56. The van der Waals surface area contributed by atoms with Gasteiger partial charge >= 0.3 is 0 Å². The number of methoxy groups -OCH3 is 1. The van der Waals surface area contributed by atoms with Gasteiger partial charge in [0.1, 0.15) is 11.3 Å². The summed E-state index contributed by atoms with van der Waals surface area (Å²) in [6.45, 7) is 2.29. The molecule has 1 fully saturated rings. The van der Waals surface area contributed by atoms with Crippen LogP contribution >= 0.6 is 11.3 Å². The molecule has 0 atom stereocenters. The smallest absolute Gasteiger partial charge is 0.270 e. The molecule has 150 valence electrons. The average Bonchev–Trinajstić information content (AvgIpc) is 3.16. The fourth-order valence-corrected chi connectivity index (χ4v) is 4.08. The molecule has 1 aliphatic heterocycles. The second-order valence-electron chi connectivity index (χ2n) is 6.34. The first kappa shape index (κ1) is 19.1. The lowest BCUT2D eigenvalue weighted by atomic mass is 10.1. The quantitative estimate of drug-likeness (QED) is 0.504. The topological polar surface area (TPSA) is 107 Å². The third-order valence-electron chi connectivity index (χ3n) is 4.61. The van der Waals surface area contributed by atoms with Gasteiger partial charge in [-0.3, -0.25) is 20.2 Å². The van der Waals surface area contributed by atoms with E-state index in [-0.39, 0.29) is 11.3 Å². The standard InChI is InChI=1S/C19H18N4O5S/c1-27-15-3-2-4-16-17(15)20-19(29-16)21-18(24)13-11-12(23(25)26)5-6-14(13)22-7-9-28-10-8-22/h2-6,11H,7-10H2,1H3,(H,20,21,24). The first-order valence-electron chi connectivity index (χ1n) is 8.93. The van der Waals surface area contributed by atoms with E-state index in [1.54, 1.807) is 19.2 Å². The van der Waals surface area contributed by atoms with Crippen LogP contribution in [0.4, 0.5) is 16.5 Å². The molecule has 29 heavy (non-hydrogen) atoms. The fourth-order valence-electron chi connectivity index (χ4n) is 3.21. The molecule has 9 nitrogen and oxygen atoms in total. The van der Waals surface area contributed by atoms with Gasteiger partial charge in [-0.1, -0.05) is 17.4 Å². The summed E-state index contributed by atoms with van der Waals surface area (Å²) in [5, 5.41) is 14.4. The Morgan fingerprint density at radius 1 is 1.31 bits per heavy atom. The van der Waals surface area contributed by atoms with E-state index in [9.17, 15) is 14.9 Å². The molecule has 0 saturated carbocycles. The molecule has 2 aromatic carbocycles. The number of carbonyl (C=O) groups excluding carboxylic acids is 1. The minimum atomic E-state index is -0.511. The molecular formula is C19H18N4O5S. The minimum absolute atomic E-state index is 0.141. The van der Waals surface area contributed by atoms with Crippen LogP contribution in [0.5, 0.6) is 5.75 Å². The summed E-state index contributed by atoms with van der Waals surface area (Å²) < 4.78 is 11.5. The highest BCUT2D eigenvalue weighted by Crippen LogP contribution is 2.33. The predicted molar refractivity (Wildman–Crippen MR) is 110 cm³/mol. The summed E-state index contributed by atoms with van der Waals surface area (Å²) in [5.41, 5.74) is 1.38. The van der Waals surface area contributed by atoms with Crippen LogP contribution in [0.15, 0.2) is 36.4 Å². The molecule has 0 radical (unpaired) electrons. The number of hydrogen-bond donors (Lipinski definition) is 1. The number of fused-ring (bicyclic) bond motifs is 1. The third kappa shape index (κ3) is 3.84. The van der Waals surface area contributed by atoms with Crippen LogP contribution in [-0.4, -0.2) is 49.2 Å². The molecule has 4 rings (SSSR count). The average molecular weight is 414 g/mol. The number of para-hydroxylation sites is 1. The van der Waals surface area contributed by atoms with Crippen molar-refractivity contribution in [3.05, 3.63) is 52.1 Å². The Balaban J connectivity index is 1.68. The SMILES string of the molecule is COc1cccc2sc(NC(=O)c3cc([N+](=O)[O-])ccc3N3CCOCC3)nc12. The zero-order chi connectivity index (χ0) is 20.4. The van der Waals surface area contributed by atoms with E-state index in [0.29, 0.717) is 48.4 Å². The van der Waals surface area contributed by atoms with Crippen LogP contribution in [0.25, 0.3) is 10.2 Å². The molecule has 2 heterocycles. The molecule has 0 bridgehead atoms. The maximum atomic E-state index is 13.0. The Labute approximate surface area is 170 Å². The number of anilines is 2. The number of nitro benzene ring substituents is 1. The van der Waals surface area contributed by atoms with Gasteiger partial charge in [0, 0.05) is 25.2 Å². The maximum Gasteiger partial charge on any atom is 0.270 e. The molecule has 0 aliphatic carbocycles. The highest BCUT2D eigenvalue weighted by atomic mass is 32.1. The van der Waals surface area contributed by atoms with Gasteiger partial charge in [0.2, 0.25) is 0 Å². The molecule has 10 heteroatoms. The number of non-ortho nitro benzene ring substituents is 1. The van der Waals surface area contributed by atoms with Crippen LogP contribution in [0.1, 0.15) is 10.4 Å². The highest BCUT2D eigenvalue weighted by Gasteiger charge is 2.23. The van der Waals surface area contributed by atoms with Gasteiger partial charge in [-0.25, -0.2) is 4.98 Å². The van der Waals surface area contributed by atoms with Gasteiger partial charge < -0.3 is 14.4 Å². The number of ether oxygens (including phenoxy) is 2. The zero-order valence-electron chi connectivity index (χ0n) is 15.6. The van der Waals surface area contributed by atoms with Crippen LogP contribution in [0.2, 0.25) is 0 Å². The number of amides is 1. The molecule has 0 spiro atoms. The number of thiazole rings is 1. The number of nitro groups is 1. The summed E-state index contributed by atoms with van der Waals surface area (Å²) in [6, 6.07) is 9.85. The molecule has 1 amide bonds. The van der Waals surface area contributed by atoms with Crippen LogP contribution < -0.4 is 15.0 Å². The van der Waals surface area contributed by atoms with E-state index in [1.165, 1.54) is 23.5 Å². The lowest BCUT2D eigenvalue weighted by molar-refractivity contribution is -0.384. The molecule has 1 saturated heterocycles. The predicted octanol–water partition coefficient (Wildman–Crippen LogP) is 3.30. The van der Waals surface area contributed by atoms with Gasteiger partial charge in [0.05, 0.1) is 41.2 Å². The minimum Gasteiger partial charge on any atom is -0.494 e. The maximum absolute atomic E-state index is 13.0. The Bertz CT molecular complexity index is 1080. The molecular weight excluding hydrogens is 396 g/mol. The normalized spacial score (nSPS) is 14.0. The van der Waals surface area contributed by atoms with E-state index in [1.807, 2.05) is 17.0 Å². The summed E-state index contributed by atoms with van der Waals surface area (Å²) in [5.74, 6) is 0.164. The monoisotopic (exact) mass is 414 g/mol. The Morgan fingerprint density at radius 2 is 2.10 bits per heavy atom. The largest absolute Gasteiger partial charge is 0.494 e. The lowest BCUT2D eigenvalue weighted by Gasteiger charge is -2.30. The van der Waals surface area contributed by atoms with Crippen LogP contribution in [-0.2, 0) is 4.74 Å². The van der Waals surface area contributed by atoms with Gasteiger partial charge in [-0.15, -0.1) is 0 Å². The summed E-state index contributed by atoms with van der Waals surface area (Å²) in [4.78, 5) is 30.2. The number of nitrogens with zero attached hydrogens (tertiary/aromatic N) is 3. The van der Waals surface area contributed by atoms with Crippen molar-refractivity contribution >= 4 is 44.0 Å². The first-order valence-corrected chi connectivity index (χ1v) is 9.74. The van der Waals surface area contributed by atoms with Crippen molar-refractivity contribution in [1.29, 1.82) is 0 Å². The van der Waals surface area contributed by atoms with Crippen molar-refractivity contribution < 1.29 is 19.2 Å². The molecule has 3 aromatic rings. The second-order valence-corrected chi connectivity index (χ2v) is 7.37. The van der Waals surface area contributed by atoms with Crippen molar-refractivity contribution in [2.24, 2.45) is 0 Å². The van der Waals surface area contributed by atoms with Gasteiger partial charge in [-0.05, 0) is 18.2 Å². The number of carbonyl (C=O) groups is 1. The number of hydrogen-bond acceptors (Lipinski definition) is 8. The first-order chi connectivity index (χ1) is 14.1. The number of nitrogens with one attached hydrogen (secondary N) is 1. The van der Waals surface area contributed by atoms with E-state index in [2.05, 4.69) is 10.3 Å².